The van der Waals surface area contributed by atoms with Gasteiger partial charge in [0.05, 0.1) is 23.0 Å². The van der Waals surface area contributed by atoms with E-state index in [0.717, 1.165) is 0 Å². The SMILES string of the molecule is O=C(O)CCn1nccc1C(=O)Nc1ccc(Cl)c(Cl)c1. The fourth-order valence-electron chi connectivity index (χ4n) is 1.67. The molecule has 0 unspecified atom stereocenters. The molecule has 0 saturated carbocycles. The van der Waals surface area contributed by atoms with Crippen LogP contribution < -0.4 is 5.32 Å². The third-order valence-electron chi connectivity index (χ3n) is 2.66. The molecule has 21 heavy (non-hydrogen) atoms. The van der Waals surface area contributed by atoms with Gasteiger partial charge in [-0.2, -0.15) is 5.10 Å². The number of aromatic nitrogens is 2. The second kappa shape index (κ2) is 6.60. The summed E-state index contributed by atoms with van der Waals surface area (Å²) in [6, 6.07) is 6.22. The molecule has 0 fully saturated rings. The van der Waals surface area contributed by atoms with E-state index in [4.69, 9.17) is 28.3 Å². The highest BCUT2D eigenvalue weighted by Crippen LogP contribution is 2.25. The number of carbonyl (C=O) groups excluding carboxylic acids is 1. The number of rotatable bonds is 5. The normalized spacial score (nSPS) is 10.4. The first-order chi connectivity index (χ1) is 9.97. The van der Waals surface area contributed by atoms with Crippen LogP contribution in [0.25, 0.3) is 0 Å². The van der Waals surface area contributed by atoms with Gasteiger partial charge in [0.15, 0.2) is 0 Å². The van der Waals surface area contributed by atoms with Gasteiger partial charge in [-0.05, 0) is 24.3 Å². The Balaban J connectivity index is 2.11. The molecule has 0 radical (unpaired) electrons. The quantitative estimate of drug-likeness (QED) is 0.884. The van der Waals surface area contributed by atoms with Gasteiger partial charge in [0.1, 0.15) is 5.69 Å². The van der Waals surface area contributed by atoms with Crippen molar-refractivity contribution in [2.24, 2.45) is 0 Å². The Bertz CT molecular complexity index is 685. The molecule has 6 nitrogen and oxygen atoms in total. The molecule has 0 aliphatic carbocycles. The van der Waals surface area contributed by atoms with Gasteiger partial charge in [0.25, 0.3) is 5.91 Å². The van der Waals surface area contributed by atoms with Gasteiger partial charge in [-0.25, -0.2) is 0 Å². The monoisotopic (exact) mass is 327 g/mol. The van der Waals surface area contributed by atoms with E-state index >= 15 is 0 Å². The van der Waals surface area contributed by atoms with Crippen molar-refractivity contribution in [2.45, 2.75) is 13.0 Å². The number of hydrogen-bond donors (Lipinski definition) is 2. The number of carboxylic acid groups (broad SMARTS) is 1. The van der Waals surface area contributed by atoms with Crippen LogP contribution in [0.1, 0.15) is 16.9 Å². The van der Waals surface area contributed by atoms with Gasteiger partial charge in [0, 0.05) is 11.9 Å². The highest BCUT2D eigenvalue weighted by Gasteiger charge is 2.13. The predicted octanol–water partition coefficient (Wildman–Crippen LogP) is 2.92. The number of aryl methyl sites for hydroxylation is 1. The van der Waals surface area contributed by atoms with Crippen molar-refractivity contribution in [1.82, 2.24) is 9.78 Å². The fraction of sp³-hybridized carbons (Fsp3) is 0.154. The smallest absolute Gasteiger partial charge is 0.305 e. The van der Waals surface area contributed by atoms with E-state index in [-0.39, 0.29) is 18.7 Å². The lowest BCUT2D eigenvalue weighted by Gasteiger charge is -2.08. The minimum absolute atomic E-state index is 0.116. The highest BCUT2D eigenvalue weighted by atomic mass is 35.5. The van der Waals surface area contributed by atoms with E-state index in [2.05, 4.69) is 10.4 Å². The van der Waals surface area contributed by atoms with Crippen LogP contribution in [0, 0.1) is 0 Å². The molecule has 2 aromatic rings. The van der Waals surface area contributed by atoms with Crippen molar-refractivity contribution in [2.75, 3.05) is 5.32 Å². The molecule has 1 aromatic heterocycles. The lowest BCUT2D eigenvalue weighted by atomic mass is 10.3. The summed E-state index contributed by atoms with van der Waals surface area (Å²) >= 11 is 11.7. The average molecular weight is 328 g/mol. The molecule has 0 aliphatic heterocycles. The number of carbonyl (C=O) groups is 2. The summed E-state index contributed by atoms with van der Waals surface area (Å²) in [6.45, 7) is 0.118. The zero-order chi connectivity index (χ0) is 15.4. The summed E-state index contributed by atoms with van der Waals surface area (Å²) in [5, 5.41) is 16.0. The Morgan fingerprint density at radius 2 is 2.00 bits per heavy atom. The molecular formula is C13H11Cl2N3O3. The largest absolute Gasteiger partial charge is 0.481 e. The molecule has 0 spiro atoms. The first kappa shape index (κ1) is 15.3. The third-order valence-corrected chi connectivity index (χ3v) is 3.40. The van der Waals surface area contributed by atoms with E-state index in [1.54, 1.807) is 12.1 Å². The second-order valence-corrected chi connectivity index (χ2v) is 4.98. The molecule has 0 atom stereocenters. The van der Waals surface area contributed by atoms with Crippen molar-refractivity contribution in [1.29, 1.82) is 0 Å². The van der Waals surface area contributed by atoms with Crippen LogP contribution in [0.5, 0.6) is 0 Å². The third kappa shape index (κ3) is 3.96. The molecular weight excluding hydrogens is 317 g/mol. The lowest BCUT2D eigenvalue weighted by Crippen LogP contribution is -2.18. The van der Waals surface area contributed by atoms with Crippen molar-refractivity contribution in [3.8, 4) is 0 Å². The maximum atomic E-state index is 12.1. The maximum Gasteiger partial charge on any atom is 0.305 e. The Labute approximate surface area is 130 Å². The summed E-state index contributed by atoms with van der Waals surface area (Å²) in [5.41, 5.74) is 0.753. The predicted molar refractivity (Wildman–Crippen MR) is 78.9 cm³/mol. The first-order valence-electron chi connectivity index (χ1n) is 5.97. The molecule has 110 valence electrons. The standard InChI is InChI=1S/C13H11Cl2N3O3/c14-9-2-1-8(7-10(9)15)17-13(21)11-3-5-16-18(11)6-4-12(19)20/h1-3,5,7H,4,6H2,(H,17,21)(H,19,20). The molecule has 0 aliphatic rings. The number of aliphatic carboxylic acids is 1. The minimum atomic E-state index is -0.957. The first-order valence-corrected chi connectivity index (χ1v) is 6.73. The van der Waals surface area contributed by atoms with Gasteiger partial charge >= 0.3 is 5.97 Å². The summed E-state index contributed by atoms with van der Waals surface area (Å²) in [6.07, 6.45) is 1.32. The number of anilines is 1. The van der Waals surface area contributed by atoms with Crippen LogP contribution in [0.4, 0.5) is 5.69 Å². The minimum Gasteiger partial charge on any atom is -0.481 e. The van der Waals surface area contributed by atoms with Gasteiger partial charge in [-0.3, -0.25) is 14.3 Å². The number of nitrogens with zero attached hydrogens (tertiary/aromatic N) is 2. The number of halogens is 2. The second-order valence-electron chi connectivity index (χ2n) is 4.17. The van der Waals surface area contributed by atoms with Crippen molar-refractivity contribution in [3.63, 3.8) is 0 Å². The molecule has 1 amide bonds. The van der Waals surface area contributed by atoms with E-state index < -0.39 is 11.9 Å². The van der Waals surface area contributed by atoms with Crippen LogP contribution in [-0.2, 0) is 11.3 Å². The molecule has 2 rings (SSSR count). The van der Waals surface area contributed by atoms with Crippen LogP contribution in [-0.4, -0.2) is 26.8 Å². The zero-order valence-electron chi connectivity index (χ0n) is 10.7. The van der Waals surface area contributed by atoms with Gasteiger partial charge in [0.2, 0.25) is 0 Å². The van der Waals surface area contributed by atoms with Crippen LogP contribution in [0.15, 0.2) is 30.5 Å². The highest BCUT2D eigenvalue weighted by molar-refractivity contribution is 6.42. The van der Waals surface area contributed by atoms with Crippen molar-refractivity contribution >= 4 is 40.8 Å². The van der Waals surface area contributed by atoms with E-state index in [1.165, 1.54) is 23.0 Å². The number of benzene rings is 1. The van der Waals surface area contributed by atoms with Crippen LogP contribution in [0.2, 0.25) is 10.0 Å². The molecule has 1 heterocycles. The maximum absolute atomic E-state index is 12.1. The van der Waals surface area contributed by atoms with Gasteiger partial charge < -0.3 is 10.4 Å². The fourth-order valence-corrected chi connectivity index (χ4v) is 1.97. The van der Waals surface area contributed by atoms with Gasteiger partial charge in [-0.15, -0.1) is 0 Å². The Hall–Kier alpha value is -2.05. The lowest BCUT2D eigenvalue weighted by molar-refractivity contribution is -0.137. The number of amides is 1. The Morgan fingerprint density at radius 3 is 2.67 bits per heavy atom. The summed E-state index contributed by atoms with van der Waals surface area (Å²) in [5.74, 6) is -1.36. The molecule has 0 bridgehead atoms. The van der Waals surface area contributed by atoms with E-state index in [1.807, 2.05) is 0 Å². The summed E-state index contributed by atoms with van der Waals surface area (Å²) in [4.78, 5) is 22.7. The van der Waals surface area contributed by atoms with Crippen molar-refractivity contribution < 1.29 is 14.7 Å². The van der Waals surface area contributed by atoms with E-state index in [9.17, 15) is 9.59 Å². The van der Waals surface area contributed by atoms with Crippen LogP contribution >= 0.6 is 23.2 Å². The molecule has 8 heteroatoms. The Morgan fingerprint density at radius 1 is 1.24 bits per heavy atom. The average Bonchev–Trinajstić information content (AvgIpc) is 2.89. The topological polar surface area (TPSA) is 84.2 Å². The number of hydrogen-bond acceptors (Lipinski definition) is 3. The van der Waals surface area contributed by atoms with Crippen molar-refractivity contribution in [3.05, 3.63) is 46.2 Å². The summed E-state index contributed by atoms with van der Waals surface area (Å²) < 4.78 is 1.33. The molecule has 0 saturated heterocycles. The van der Waals surface area contributed by atoms with Crippen LogP contribution in [0.3, 0.4) is 0 Å². The van der Waals surface area contributed by atoms with Gasteiger partial charge in [-0.1, -0.05) is 23.2 Å². The zero-order valence-corrected chi connectivity index (χ0v) is 12.2. The molecule has 2 N–H and O–H groups in total. The molecule has 1 aromatic carbocycles. The number of carboxylic acids is 1. The summed E-state index contributed by atoms with van der Waals surface area (Å²) in [7, 11) is 0. The van der Waals surface area contributed by atoms with E-state index in [0.29, 0.717) is 15.7 Å². The Kier molecular flexibility index (Phi) is 4.82. The number of nitrogens with one attached hydrogen (secondary N) is 1.